The van der Waals surface area contributed by atoms with E-state index in [-0.39, 0.29) is 11.7 Å². The maximum absolute atomic E-state index is 12.8. The van der Waals surface area contributed by atoms with Gasteiger partial charge in [0.15, 0.2) is 11.9 Å². The Balaban J connectivity index is 1.38. The van der Waals surface area contributed by atoms with E-state index in [9.17, 15) is 19.8 Å². The number of carbonyl (C=O) groups is 2. The predicted octanol–water partition coefficient (Wildman–Crippen LogP) is 3.36. The number of carbonyl (C=O) groups excluding carboxylic acids is 2. The van der Waals surface area contributed by atoms with E-state index in [0.717, 1.165) is 37.8 Å². The molecule has 2 N–H and O–H groups in total. The smallest absolute Gasteiger partial charge is 0.253 e. The molecule has 1 unspecified atom stereocenters. The van der Waals surface area contributed by atoms with Crippen LogP contribution in [0.25, 0.3) is 0 Å². The number of aliphatic hydroxyl groups excluding tert-OH is 2. The number of hydrogen-bond acceptors (Lipinski definition) is 5. The molecule has 1 aliphatic carbocycles. The fraction of sp³-hybridized carbons (Fsp3) is 0.704. The quantitative estimate of drug-likeness (QED) is 0.557. The number of aliphatic hydroxyl groups is 2. The van der Waals surface area contributed by atoms with Crippen molar-refractivity contribution in [3.63, 3.8) is 0 Å². The molecular weight excluding hydrogens is 416 g/mol. The highest BCUT2D eigenvalue weighted by molar-refractivity contribution is 5.94. The van der Waals surface area contributed by atoms with Gasteiger partial charge in [0.25, 0.3) is 5.91 Å². The van der Waals surface area contributed by atoms with E-state index in [1.54, 1.807) is 6.92 Å². The number of Topliss-reactive ketones (excluding diaryl/α,β-unsaturated/α-hetero) is 1. The van der Waals surface area contributed by atoms with Crippen LogP contribution >= 0.6 is 0 Å². The number of fused-ring (bicyclic) bond motifs is 2. The third kappa shape index (κ3) is 5.84. The van der Waals surface area contributed by atoms with Crippen molar-refractivity contribution < 1.29 is 19.8 Å². The summed E-state index contributed by atoms with van der Waals surface area (Å²) in [7, 11) is 0. The fourth-order valence-corrected chi connectivity index (χ4v) is 6.42. The van der Waals surface area contributed by atoms with Crippen LogP contribution < -0.4 is 0 Å². The minimum absolute atomic E-state index is 0.116. The topological polar surface area (TPSA) is 81.1 Å². The third-order valence-corrected chi connectivity index (χ3v) is 8.25. The van der Waals surface area contributed by atoms with Crippen LogP contribution in [0.15, 0.2) is 24.3 Å². The van der Waals surface area contributed by atoms with Gasteiger partial charge in [0.1, 0.15) is 0 Å². The first-order chi connectivity index (χ1) is 16.0. The van der Waals surface area contributed by atoms with Crippen molar-refractivity contribution in [3.8, 4) is 0 Å². The maximum Gasteiger partial charge on any atom is 0.253 e. The molecule has 4 rings (SSSR count). The Morgan fingerprint density at radius 3 is 2.42 bits per heavy atom. The molecule has 2 heterocycles. The third-order valence-electron chi connectivity index (χ3n) is 8.25. The van der Waals surface area contributed by atoms with E-state index < -0.39 is 12.7 Å². The van der Waals surface area contributed by atoms with Crippen molar-refractivity contribution in [3.05, 3.63) is 35.4 Å². The number of ketones is 1. The SMILES string of the molecule is CC(=O)c1cccc(C2C[C@H]3CC[C@@H](C2)N3CCN(CC2CCCCC2)C(=O)[C@@H](O)CO)c1. The van der Waals surface area contributed by atoms with Gasteiger partial charge in [-0.25, -0.2) is 0 Å². The highest BCUT2D eigenvalue weighted by Gasteiger charge is 2.41. The highest BCUT2D eigenvalue weighted by Crippen LogP contribution is 2.43. The molecule has 1 amide bonds. The van der Waals surface area contributed by atoms with Crippen LogP contribution in [-0.4, -0.2) is 76.1 Å². The van der Waals surface area contributed by atoms with Crippen LogP contribution in [0.1, 0.15) is 86.6 Å². The van der Waals surface area contributed by atoms with E-state index in [0.29, 0.717) is 37.0 Å². The lowest BCUT2D eigenvalue weighted by Gasteiger charge is -2.41. The zero-order valence-electron chi connectivity index (χ0n) is 20.0. The van der Waals surface area contributed by atoms with E-state index >= 15 is 0 Å². The second-order valence-electron chi connectivity index (χ2n) is 10.5. The van der Waals surface area contributed by atoms with E-state index in [4.69, 9.17) is 0 Å². The summed E-state index contributed by atoms with van der Waals surface area (Å²) in [6, 6.07) is 9.14. The van der Waals surface area contributed by atoms with Crippen molar-refractivity contribution in [2.75, 3.05) is 26.2 Å². The summed E-state index contributed by atoms with van der Waals surface area (Å²) < 4.78 is 0. The van der Waals surface area contributed by atoms with E-state index in [2.05, 4.69) is 17.0 Å². The summed E-state index contributed by atoms with van der Waals surface area (Å²) in [5.41, 5.74) is 2.07. The Morgan fingerprint density at radius 2 is 1.79 bits per heavy atom. The van der Waals surface area contributed by atoms with Crippen molar-refractivity contribution in [1.82, 2.24) is 9.80 Å². The van der Waals surface area contributed by atoms with Crippen LogP contribution in [0, 0.1) is 5.92 Å². The molecule has 2 saturated heterocycles. The predicted molar refractivity (Wildman–Crippen MR) is 128 cm³/mol. The molecule has 0 radical (unpaired) electrons. The highest BCUT2D eigenvalue weighted by atomic mass is 16.3. The van der Waals surface area contributed by atoms with Crippen molar-refractivity contribution >= 4 is 11.7 Å². The van der Waals surface area contributed by atoms with Crippen molar-refractivity contribution in [2.24, 2.45) is 5.92 Å². The van der Waals surface area contributed by atoms with Gasteiger partial charge < -0.3 is 15.1 Å². The molecule has 2 bridgehead atoms. The van der Waals surface area contributed by atoms with Gasteiger partial charge in [-0.2, -0.15) is 0 Å². The Kier molecular flexibility index (Phi) is 8.20. The molecule has 1 saturated carbocycles. The molecule has 3 fully saturated rings. The number of hydrogen-bond donors (Lipinski definition) is 2. The van der Waals surface area contributed by atoms with E-state index in [1.807, 2.05) is 17.0 Å². The largest absolute Gasteiger partial charge is 0.393 e. The second kappa shape index (κ2) is 11.1. The lowest BCUT2D eigenvalue weighted by Crippen LogP contribution is -2.50. The van der Waals surface area contributed by atoms with Crippen LogP contribution in [0.4, 0.5) is 0 Å². The van der Waals surface area contributed by atoms with Gasteiger partial charge in [0.2, 0.25) is 0 Å². The molecule has 3 aliphatic rings. The Bertz CT molecular complexity index is 808. The molecule has 6 nitrogen and oxygen atoms in total. The zero-order chi connectivity index (χ0) is 23.4. The van der Waals surface area contributed by atoms with Crippen molar-refractivity contribution in [1.29, 1.82) is 0 Å². The summed E-state index contributed by atoms with van der Waals surface area (Å²) in [6.07, 6.45) is 9.25. The normalized spacial score (nSPS) is 26.8. The molecule has 0 aromatic heterocycles. The van der Waals surface area contributed by atoms with Gasteiger partial charge in [-0.3, -0.25) is 14.5 Å². The number of amides is 1. The number of benzene rings is 1. The molecule has 182 valence electrons. The molecule has 1 aromatic carbocycles. The molecule has 6 heteroatoms. The van der Waals surface area contributed by atoms with Crippen LogP contribution in [0.3, 0.4) is 0 Å². The number of rotatable bonds is 9. The summed E-state index contributed by atoms with van der Waals surface area (Å²) in [5, 5.41) is 19.4. The first kappa shape index (κ1) is 24.4. The van der Waals surface area contributed by atoms with Gasteiger partial charge in [-0.05, 0) is 68.9 Å². The summed E-state index contributed by atoms with van der Waals surface area (Å²) in [5.74, 6) is 0.773. The molecular formula is C27H40N2O4. The molecule has 1 aromatic rings. The average Bonchev–Trinajstić information content (AvgIpc) is 3.07. The van der Waals surface area contributed by atoms with Gasteiger partial charge in [-0.15, -0.1) is 0 Å². The Morgan fingerprint density at radius 1 is 1.09 bits per heavy atom. The lowest BCUT2D eigenvalue weighted by atomic mass is 9.84. The summed E-state index contributed by atoms with van der Waals surface area (Å²) in [6.45, 7) is 3.24. The van der Waals surface area contributed by atoms with Crippen LogP contribution in [0.2, 0.25) is 0 Å². The van der Waals surface area contributed by atoms with Gasteiger partial charge in [-0.1, -0.05) is 37.5 Å². The number of nitrogens with zero attached hydrogens (tertiary/aromatic N) is 2. The first-order valence-electron chi connectivity index (χ1n) is 12.9. The second-order valence-corrected chi connectivity index (χ2v) is 10.5. The minimum atomic E-state index is -1.32. The molecule has 33 heavy (non-hydrogen) atoms. The van der Waals surface area contributed by atoms with Gasteiger partial charge in [0, 0.05) is 37.3 Å². The first-order valence-corrected chi connectivity index (χ1v) is 12.9. The Labute approximate surface area is 198 Å². The molecule has 2 aliphatic heterocycles. The van der Waals surface area contributed by atoms with Crippen LogP contribution in [0.5, 0.6) is 0 Å². The summed E-state index contributed by atoms with van der Waals surface area (Å²) in [4.78, 5) is 29.0. The monoisotopic (exact) mass is 456 g/mol. The van der Waals surface area contributed by atoms with Crippen LogP contribution in [-0.2, 0) is 4.79 Å². The molecule has 0 spiro atoms. The zero-order valence-corrected chi connectivity index (χ0v) is 20.0. The van der Waals surface area contributed by atoms with Gasteiger partial charge >= 0.3 is 0 Å². The Hall–Kier alpha value is -1.76. The fourth-order valence-electron chi connectivity index (χ4n) is 6.42. The lowest BCUT2D eigenvalue weighted by molar-refractivity contribution is -0.143. The van der Waals surface area contributed by atoms with Gasteiger partial charge in [0.05, 0.1) is 6.61 Å². The van der Waals surface area contributed by atoms with Crippen molar-refractivity contribution in [2.45, 2.75) is 88.8 Å². The number of piperidine rings is 1. The summed E-state index contributed by atoms with van der Waals surface area (Å²) >= 11 is 0. The minimum Gasteiger partial charge on any atom is -0.393 e. The standard InChI is InChI=1S/C27H40N2O4/c1-19(31)21-8-5-9-22(14-21)23-15-24-10-11-25(16-23)29(24)13-12-28(27(33)26(32)18-30)17-20-6-3-2-4-7-20/h5,8-9,14,20,23-26,30,32H,2-4,6-7,10-13,15-18H2,1H3/t23?,24-,25+,26-/m0/s1. The van der Waals surface area contributed by atoms with E-state index in [1.165, 1.54) is 37.7 Å². The molecule has 4 atom stereocenters. The average molecular weight is 457 g/mol. The maximum atomic E-state index is 12.8.